The molecular weight excluding hydrogens is 337 g/mol. The minimum atomic E-state index is -0.291. The number of halogens is 2. The van der Waals surface area contributed by atoms with Gasteiger partial charge in [0.2, 0.25) is 0 Å². The third kappa shape index (κ3) is 3.33. The zero-order valence-electron chi connectivity index (χ0n) is 11.4. The predicted octanol–water partition coefficient (Wildman–Crippen LogP) is 3.84. The lowest BCUT2D eigenvalue weighted by Crippen LogP contribution is -2.22. The highest BCUT2D eigenvalue weighted by Crippen LogP contribution is 2.31. The van der Waals surface area contributed by atoms with E-state index < -0.39 is 0 Å². The van der Waals surface area contributed by atoms with Crippen molar-refractivity contribution in [3.05, 3.63) is 58.3 Å². The average Bonchev–Trinajstić information content (AvgIpc) is 2.49. The minimum absolute atomic E-state index is 0.0260. The van der Waals surface area contributed by atoms with Crippen LogP contribution in [0.25, 0.3) is 0 Å². The molecule has 4 nitrogen and oxygen atoms in total. The molecule has 0 fully saturated rings. The van der Waals surface area contributed by atoms with Gasteiger partial charge in [-0.05, 0) is 49.4 Å². The molecule has 2 aromatic rings. The van der Waals surface area contributed by atoms with Crippen LogP contribution in [0.4, 0.5) is 15.8 Å². The zero-order valence-corrected chi connectivity index (χ0v) is 13.0. The summed E-state index contributed by atoms with van der Waals surface area (Å²) in [5.74, 6) is -0.265. The Hall–Kier alpha value is -2.08. The Labute approximate surface area is 130 Å². The van der Waals surface area contributed by atoms with E-state index in [0.717, 1.165) is 15.8 Å². The van der Waals surface area contributed by atoms with Crippen molar-refractivity contribution in [2.24, 2.45) is 10.9 Å². The van der Waals surface area contributed by atoms with Gasteiger partial charge >= 0.3 is 0 Å². The quantitative estimate of drug-likeness (QED) is 0.380. The maximum absolute atomic E-state index is 13.1. The highest BCUT2D eigenvalue weighted by Gasteiger charge is 2.15. The van der Waals surface area contributed by atoms with Crippen molar-refractivity contribution < 1.29 is 9.60 Å². The molecule has 6 heteroatoms. The first-order chi connectivity index (χ1) is 10.1. The van der Waals surface area contributed by atoms with Crippen molar-refractivity contribution >= 4 is 33.1 Å². The van der Waals surface area contributed by atoms with Gasteiger partial charge in [0.25, 0.3) is 0 Å². The SMILES string of the molecule is CCN(c1ccc(F)cc1)c1cc(Br)ccc1/C(N)=N/O. The lowest BCUT2D eigenvalue weighted by atomic mass is 10.1. The number of hydrogen-bond donors (Lipinski definition) is 2. The van der Waals surface area contributed by atoms with Crippen molar-refractivity contribution in [1.29, 1.82) is 0 Å². The second-order valence-corrected chi connectivity index (χ2v) is 5.28. The molecule has 0 saturated heterocycles. The summed E-state index contributed by atoms with van der Waals surface area (Å²) in [5.41, 5.74) is 7.94. The van der Waals surface area contributed by atoms with Gasteiger partial charge in [-0.25, -0.2) is 4.39 Å². The number of oxime groups is 1. The van der Waals surface area contributed by atoms with Crippen LogP contribution in [0, 0.1) is 5.82 Å². The highest BCUT2D eigenvalue weighted by molar-refractivity contribution is 9.10. The van der Waals surface area contributed by atoms with E-state index in [-0.39, 0.29) is 11.7 Å². The van der Waals surface area contributed by atoms with Gasteiger partial charge in [0.15, 0.2) is 5.84 Å². The van der Waals surface area contributed by atoms with Gasteiger partial charge in [0.05, 0.1) is 5.69 Å². The van der Waals surface area contributed by atoms with Crippen molar-refractivity contribution in [3.8, 4) is 0 Å². The summed E-state index contributed by atoms with van der Waals surface area (Å²) < 4.78 is 14.0. The van der Waals surface area contributed by atoms with E-state index in [1.807, 2.05) is 24.0 Å². The first-order valence-corrected chi connectivity index (χ1v) is 7.16. The van der Waals surface area contributed by atoms with Crippen LogP contribution in [-0.2, 0) is 0 Å². The number of amidine groups is 1. The number of nitrogens with zero attached hydrogens (tertiary/aromatic N) is 2. The molecule has 0 atom stereocenters. The van der Waals surface area contributed by atoms with Crippen LogP contribution in [0.15, 0.2) is 52.1 Å². The van der Waals surface area contributed by atoms with E-state index >= 15 is 0 Å². The Balaban J connectivity index is 2.56. The summed E-state index contributed by atoms with van der Waals surface area (Å²) in [5, 5.41) is 12.0. The highest BCUT2D eigenvalue weighted by atomic mass is 79.9. The number of anilines is 2. The molecule has 2 rings (SSSR count). The van der Waals surface area contributed by atoms with Crippen LogP contribution >= 0.6 is 15.9 Å². The first-order valence-electron chi connectivity index (χ1n) is 6.37. The van der Waals surface area contributed by atoms with Gasteiger partial charge in [0.1, 0.15) is 5.82 Å². The van der Waals surface area contributed by atoms with E-state index in [4.69, 9.17) is 10.9 Å². The van der Waals surface area contributed by atoms with Crippen LogP contribution in [0.5, 0.6) is 0 Å². The van der Waals surface area contributed by atoms with E-state index in [0.29, 0.717) is 12.1 Å². The van der Waals surface area contributed by atoms with Gasteiger partial charge in [-0.2, -0.15) is 0 Å². The molecule has 0 radical (unpaired) electrons. The van der Waals surface area contributed by atoms with Gasteiger partial charge < -0.3 is 15.8 Å². The largest absolute Gasteiger partial charge is 0.409 e. The Morgan fingerprint density at radius 3 is 2.52 bits per heavy atom. The number of hydrogen-bond acceptors (Lipinski definition) is 3. The Morgan fingerprint density at radius 2 is 1.95 bits per heavy atom. The fraction of sp³-hybridized carbons (Fsp3) is 0.133. The van der Waals surface area contributed by atoms with Gasteiger partial charge in [-0.1, -0.05) is 21.1 Å². The first kappa shape index (κ1) is 15.3. The summed E-state index contributed by atoms with van der Waals surface area (Å²) in [4.78, 5) is 1.96. The van der Waals surface area contributed by atoms with E-state index in [9.17, 15) is 4.39 Å². The molecule has 0 aliphatic heterocycles. The second kappa shape index (κ2) is 6.58. The summed E-state index contributed by atoms with van der Waals surface area (Å²) in [6.45, 7) is 2.62. The summed E-state index contributed by atoms with van der Waals surface area (Å²) in [6.07, 6.45) is 0. The monoisotopic (exact) mass is 351 g/mol. The second-order valence-electron chi connectivity index (χ2n) is 4.37. The summed E-state index contributed by atoms with van der Waals surface area (Å²) in [7, 11) is 0. The van der Waals surface area contributed by atoms with Crippen molar-refractivity contribution in [2.45, 2.75) is 6.92 Å². The molecule has 0 aromatic heterocycles. The summed E-state index contributed by atoms with van der Waals surface area (Å²) in [6, 6.07) is 11.6. The molecule has 0 spiro atoms. The van der Waals surface area contributed by atoms with Crippen molar-refractivity contribution in [3.63, 3.8) is 0 Å². The molecule has 0 aliphatic rings. The molecule has 0 amide bonds. The molecule has 0 bridgehead atoms. The zero-order chi connectivity index (χ0) is 15.4. The number of benzene rings is 2. The lowest BCUT2D eigenvalue weighted by molar-refractivity contribution is 0.318. The van der Waals surface area contributed by atoms with Crippen molar-refractivity contribution in [1.82, 2.24) is 0 Å². The number of nitrogens with two attached hydrogens (primary N) is 1. The van der Waals surface area contributed by atoms with E-state index in [1.54, 1.807) is 18.2 Å². The van der Waals surface area contributed by atoms with Crippen LogP contribution in [0.3, 0.4) is 0 Å². The third-order valence-electron chi connectivity index (χ3n) is 3.09. The smallest absolute Gasteiger partial charge is 0.172 e. The molecular formula is C15H15BrFN3O. The topological polar surface area (TPSA) is 61.8 Å². The van der Waals surface area contributed by atoms with Gasteiger partial charge in [-0.15, -0.1) is 0 Å². The minimum Gasteiger partial charge on any atom is -0.409 e. The molecule has 110 valence electrons. The molecule has 2 aromatic carbocycles. The van der Waals surface area contributed by atoms with Crippen LogP contribution in [0.1, 0.15) is 12.5 Å². The van der Waals surface area contributed by atoms with Crippen LogP contribution in [-0.4, -0.2) is 17.6 Å². The molecule has 0 saturated carbocycles. The van der Waals surface area contributed by atoms with E-state index in [1.165, 1.54) is 12.1 Å². The van der Waals surface area contributed by atoms with Crippen LogP contribution < -0.4 is 10.6 Å². The maximum Gasteiger partial charge on any atom is 0.172 e. The van der Waals surface area contributed by atoms with Gasteiger partial charge in [-0.3, -0.25) is 0 Å². The fourth-order valence-corrected chi connectivity index (χ4v) is 2.46. The predicted molar refractivity (Wildman–Crippen MR) is 85.7 cm³/mol. The Bertz CT molecular complexity index is 658. The van der Waals surface area contributed by atoms with Crippen molar-refractivity contribution in [2.75, 3.05) is 11.4 Å². The Kier molecular flexibility index (Phi) is 4.80. The van der Waals surface area contributed by atoms with E-state index in [2.05, 4.69) is 21.1 Å². The lowest BCUT2D eigenvalue weighted by Gasteiger charge is -2.26. The molecule has 0 heterocycles. The normalized spacial score (nSPS) is 11.5. The van der Waals surface area contributed by atoms with Gasteiger partial charge in [0, 0.05) is 22.3 Å². The molecule has 0 unspecified atom stereocenters. The summed E-state index contributed by atoms with van der Waals surface area (Å²) >= 11 is 3.42. The fourth-order valence-electron chi connectivity index (χ4n) is 2.11. The average molecular weight is 352 g/mol. The molecule has 0 aliphatic carbocycles. The Morgan fingerprint density at radius 1 is 1.29 bits per heavy atom. The maximum atomic E-state index is 13.1. The molecule has 21 heavy (non-hydrogen) atoms. The van der Waals surface area contributed by atoms with Crippen LogP contribution in [0.2, 0.25) is 0 Å². The number of rotatable bonds is 4. The standard InChI is InChI=1S/C15H15BrFN3O/c1-2-20(12-6-4-11(17)5-7-12)14-9-10(16)3-8-13(14)15(18)19-21/h3-9,21H,2H2,1H3,(H2,18,19). The molecule has 3 N–H and O–H groups in total. The third-order valence-corrected chi connectivity index (χ3v) is 3.58.